The summed E-state index contributed by atoms with van der Waals surface area (Å²) in [5, 5.41) is 4.73. The van der Waals surface area contributed by atoms with E-state index in [0.29, 0.717) is 6.04 Å². The average Bonchev–Trinajstić information content (AvgIpc) is 2.90. The summed E-state index contributed by atoms with van der Waals surface area (Å²) in [7, 11) is 0. The van der Waals surface area contributed by atoms with Gasteiger partial charge in [-0.2, -0.15) is 0 Å². The van der Waals surface area contributed by atoms with Gasteiger partial charge in [-0.3, -0.25) is 0 Å². The van der Waals surface area contributed by atoms with Crippen LogP contribution in [-0.4, -0.2) is 31.1 Å². The first-order chi connectivity index (χ1) is 9.78. The zero-order valence-corrected chi connectivity index (χ0v) is 12.9. The maximum Gasteiger partial charge on any atom is 0.134 e. The van der Waals surface area contributed by atoms with E-state index in [1.165, 1.54) is 5.39 Å². The number of furan rings is 1. The molecular formula is C17H26N2O. The van der Waals surface area contributed by atoms with Crippen LogP contribution in [0.4, 0.5) is 0 Å². The van der Waals surface area contributed by atoms with E-state index in [1.807, 2.05) is 12.1 Å². The van der Waals surface area contributed by atoms with Gasteiger partial charge in [-0.15, -0.1) is 0 Å². The van der Waals surface area contributed by atoms with Crippen LogP contribution in [0.25, 0.3) is 11.0 Å². The fourth-order valence-corrected chi connectivity index (χ4v) is 2.62. The maximum absolute atomic E-state index is 6.00. The Morgan fingerprint density at radius 2 is 1.90 bits per heavy atom. The Kier molecular flexibility index (Phi) is 5.62. The zero-order chi connectivity index (χ0) is 14.4. The predicted molar refractivity (Wildman–Crippen MR) is 85.0 cm³/mol. The second-order valence-corrected chi connectivity index (χ2v) is 5.11. The van der Waals surface area contributed by atoms with E-state index in [-0.39, 0.29) is 0 Å². The van der Waals surface area contributed by atoms with Gasteiger partial charge in [0, 0.05) is 11.9 Å². The number of benzene rings is 1. The topological polar surface area (TPSA) is 28.4 Å². The highest BCUT2D eigenvalue weighted by Gasteiger charge is 2.16. The fourth-order valence-electron chi connectivity index (χ4n) is 2.62. The molecule has 3 nitrogen and oxygen atoms in total. The molecule has 0 radical (unpaired) electrons. The molecule has 0 saturated carbocycles. The summed E-state index contributed by atoms with van der Waals surface area (Å²) in [6.07, 6.45) is 1.08. The van der Waals surface area contributed by atoms with Crippen molar-refractivity contribution in [3.8, 4) is 0 Å². The monoisotopic (exact) mass is 274 g/mol. The highest BCUT2D eigenvalue weighted by Crippen LogP contribution is 2.25. The molecule has 0 amide bonds. The first-order valence-corrected chi connectivity index (χ1v) is 7.72. The molecule has 1 unspecified atom stereocenters. The van der Waals surface area contributed by atoms with E-state index in [9.17, 15) is 0 Å². The summed E-state index contributed by atoms with van der Waals surface area (Å²) in [6, 6.07) is 10.7. The summed E-state index contributed by atoms with van der Waals surface area (Å²) in [5.41, 5.74) is 0.980. The van der Waals surface area contributed by atoms with Crippen molar-refractivity contribution in [2.45, 2.75) is 33.2 Å². The van der Waals surface area contributed by atoms with E-state index in [4.69, 9.17) is 4.42 Å². The van der Waals surface area contributed by atoms with Crippen molar-refractivity contribution < 1.29 is 4.42 Å². The number of nitrogens with one attached hydrogen (secondary N) is 1. The van der Waals surface area contributed by atoms with Crippen molar-refractivity contribution in [1.29, 1.82) is 0 Å². The molecule has 0 spiro atoms. The maximum atomic E-state index is 6.00. The van der Waals surface area contributed by atoms with Crippen LogP contribution in [0.5, 0.6) is 0 Å². The van der Waals surface area contributed by atoms with E-state index in [0.717, 1.165) is 43.9 Å². The molecule has 1 N–H and O–H groups in total. The molecule has 2 aromatic rings. The molecule has 0 bridgehead atoms. The van der Waals surface area contributed by atoms with Crippen LogP contribution >= 0.6 is 0 Å². The van der Waals surface area contributed by atoms with Crippen molar-refractivity contribution in [3.63, 3.8) is 0 Å². The number of nitrogens with zero attached hydrogens (tertiary/aromatic N) is 1. The third-order valence-corrected chi connectivity index (χ3v) is 3.87. The number of para-hydroxylation sites is 1. The molecule has 0 aliphatic carbocycles. The minimum atomic E-state index is 0.299. The molecule has 0 fully saturated rings. The van der Waals surface area contributed by atoms with Gasteiger partial charge < -0.3 is 14.6 Å². The lowest BCUT2D eigenvalue weighted by molar-refractivity contribution is 0.274. The number of hydrogen-bond acceptors (Lipinski definition) is 3. The molecular weight excluding hydrogens is 248 g/mol. The van der Waals surface area contributed by atoms with Gasteiger partial charge in [0.15, 0.2) is 0 Å². The smallest absolute Gasteiger partial charge is 0.134 e. The quantitative estimate of drug-likeness (QED) is 0.793. The summed E-state index contributed by atoms with van der Waals surface area (Å²) in [6.45, 7) is 10.8. The Morgan fingerprint density at radius 3 is 2.55 bits per heavy atom. The molecule has 0 saturated heterocycles. The number of hydrogen-bond donors (Lipinski definition) is 1. The third kappa shape index (κ3) is 3.62. The second kappa shape index (κ2) is 7.46. The molecule has 2 rings (SSSR count). The Morgan fingerprint density at radius 1 is 1.15 bits per heavy atom. The first-order valence-electron chi connectivity index (χ1n) is 7.72. The minimum Gasteiger partial charge on any atom is -0.459 e. The van der Waals surface area contributed by atoms with Gasteiger partial charge in [-0.25, -0.2) is 0 Å². The summed E-state index contributed by atoms with van der Waals surface area (Å²) in [4.78, 5) is 2.45. The lowest BCUT2D eigenvalue weighted by Gasteiger charge is -2.22. The molecule has 1 atom stereocenters. The molecule has 1 heterocycles. The van der Waals surface area contributed by atoms with Gasteiger partial charge in [0.05, 0.1) is 6.04 Å². The van der Waals surface area contributed by atoms with E-state index in [2.05, 4.69) is 49.2 Å². The van der Waals surface area contributed by atoms with Gasteiger partial charge >= 0.3 is 0 Å². The fraction of sp³-hybridized carbons (Fsp3) is 0.529. The van der Waals surface area contributed by atoms with Gasteiger partial charge in [0.1, 0.15) is 11.3 Å². The van der Waals surface area contributed by atoms with Crippen molar-refractivity contribution in [2.75, 3.05) is 26.2 Å². The SMILES string of the molecule is CCNC(CCN(CC)CC)c1cc2ccccc2o1. The van der Waals surface area contributed by atoms with Crippen LogP contribution in [0.1, 0.15) is 39.0 Å². The largest absolute Gasteiger partial charge is 0.459 e. The van der Waals surface area contributed by atoms with Crippen LogP contribution in [0.2, 0.25) is 0 Å². The van der Waals surface area contributed by atoms with Crippen LogP contribution < -0.4 is 5.32 Å². The average molecular weight is 274 g/mol. The van der Waals surface area contributed by atoms with Crippen molar-refractivity contribution in [2.24, 2.45) is 0 Å². The van der Waals surface area contributed by atoms with Crippen LogP contribution in [0, 0.1) is 0 Å². The van der Waals surface area contributed by atoms with Gasteiger partial charge in [-0.1, -0.05) is 39.0 Å². The minimum absolute atomic E-state index is 0.299. The lowest BCUT2D eigenvalue weighted by atomic mass is 10.1. The Labute approximate surface area is 122 Å². The lowest BCUT2D eigenvalue weighted by Crippen LogP contribution is -2.29. The van der Waals surface area contributed by atoms with Gasteiger partial charge in [0.25, 0.3) is 0 Å². The van der Waals surface area contributed by atoms with E-state index in [1.54, 1.807) is 0 Å². The Hall–Kier alpha value is -1.32. The molecule has 0 aliphatic rings. The molecule has 1 aromatic heterocycles. The summed E-state index contributed by atoms with van der Waals surface area (Å²) < 4.78 is 6.00. The molecule has 3 heteroatoms. The normalized spacial score (nSPS) is 13.2. The Bertz CT molecular complexity index is 483. The number of rotatable bonds is 8. The molecule has 1 aromatic carbocycles. The second-order valence-electron chi connectivity index (χ2n) is 5.11. The predicted octanol–water partition coefficient (Wildman–Crippen LogP) is 3.82. The van der Waals surface area contributed by atoms with E-state index < -0.39 is 0 Å². The van der Waals surface area contributed by atoms with Crippen molar-refractivity contribution in [3.05, 3.63) is 36.1 Å². The highest BCUT2D eigenvalue weighted by molar-refractivity contribution is 5.77. The Balaban J connectivity index is 2.10. The van der Waals surface area contributed by atoms with Crippen LogP contribution in [0.15, 0.2) is 34.7 Å². The summed E-state index contributed by atoms with van der Waals surface area (Å²) >= 11 is 0. The highest BCUT2D eigenvalue weighted by atomic mass is 16.3. The molecule has 20 heavy (non-hydrogen) atoms. The number of fused-ring (bicyclic) bond motifs is 1. The summed E-state index contributed by atoms with van der Waals surface area (Å²) in [5.74, 6) is 1.06. The third-order valence-electron chi connectivity index (χ3n) is 3.87. The molecule has 0 aliphatic heterocycles. The zero-order valence-electron chi connectivity index (χ0n) is 12.9. The van der Waals surface area contributed by atoms with Crippen molar-refractivity contribution >= 4 is 11.0 Å². The van der Waals surface area contributed by atoms with Gasteiger partial charge in [-0.05, 0) is 38.2 Å². The standard InChI is InChI=1S/C17H26N2O/c1-4-18-15(11-12-19(5-2)6-3)17-13-14-9-7-8-10-16(14)20-17/h7-10,13,15,18H,4-6,11-12H2,1-3H3. The van der Waals surface area contributed by atoms with Crippen LogP contribution in [-0.2, 0) is 0 Å². The van der Waals surface area contributed by atoms with Crippen molar-refractivity contribution in [1.82, 2.24) is 10.2 Å². The van der Waals surface area contributed by atoms with Gasteiger partial charge in [0.2, 0.25) is 0 Å². The van der Waals surface area contributed by atoms with E-state index >= 15 is 0 Å². The first kappa shape index (κ1) is 15.1. The molecule has 110 valence electrons. The van der Waals surface area contributed by atoms with Crippen LogP contribution in [0.3, 0.4) is 0 Å².